The third-order valence-electron chi connectivity index (χ3n) is 4.27. The average Bonchev–Trinajstić information content (AvgIpc) is 2.64. The first-order chi connectivity index (χ1) is 12.9. The number of hydrogen-bond donors (Lipinski definition) is 0. The maximum atomic E-state index is 12.1. The van der Waals surface area contributed by atoms with E-state index in [0.29, 0.717) is 30.9 Å². The van der Waals surface area contributed by atoms with Gasteiger partial charge in [-0.3, -0.25) is 4.79 Å². The van der Waals surface area contributed by atoms with Crippen LogP contribution in [0.2, 0.25) is 0 Å². The smallest absolute Gasteiger partial charge is 0.219 e. The normalized spacial score (nSPS) is 11.5. The molecule has 0 atom stereocenters. The van der Waals surface area contributed by atoms with E-state index in [1.54, 1.807) is 26.1 Å². The third kappa shape index (κ3) is 7.51. The van der Waals surface area contributed by atoms with Gasteiger partial charge in [-0.2, -0.15) is 0 Å². The highest BCUT2D eigenvalue weighted by atomic mass is 32.2. The molecular formula is C21H27NO4S. The minimum absolute atomic E-state index is 0.139. The molecule has 146 valence electrons. The number of unbranched alkanes of at least 4 members (excludes halogenated alkanes) is 2. The minimum atomic E-state index is -2.98. The Morgan fingerprint density at radius 2 is 1.78 bits per heavy atom. The van der Waals surface area contributed by atoms with Crippen LogP contribution in [-0.4, -0.2) is 30.2 Å². The van der Waals surface area contributed by atoms with Crippen molar-refractivity contribution in [3.8, 4) is 11.6 Å². The maximum Gasteiger partial charge on any atom is 0.219 e. The molecule has 0 bridgehead atoms. The van der Waals surface area contributed by atoms with Gasteiger partial charge in [-0.25, -0.2) is 13.4 Å². The van der Waals surface area contributed by atoms with E-state index >= 15 is 0 Å². The summed E-state index contributed by atoms with van der Waals surface area (Å²) in [6.07, 6.45) is 4.54. The van der Waals surface area contributed by atoms with Crippen molar-refractivity contribution in [1.82, 2.24) is 4.98 Å². The Hall–Kier alpha value is -2.21. The van der Waals surface area contributed by atoms with Crippen LogP contribution in [0.5, 0.6) is 11.6 Å². The van der Waals surface area contributed by atoms with Crippen LogP contribution < -0.4 is 4.74 Å². The van der Waals surface area contributed by atoms with Gasteiger partial charge in [-0.05, 0) is 44.4 Å². The third-order valence-corrected chi connectivity index (χ3v) is 6.56. The number of carbonyl (C=O) groups is 1. The summed E-state index contributed by atoms with van der Waals surface area (Å²) in [6.45, 7) is 3.39. The predicted octanol–water partition coefficient (Wildman–Crippen LogP) is 4.37. The largest absolute Gasteiger partial charge is 0.439 e. The average molecular weight is 390 g/mol. The van der Waals surface area contributed by atoms with Crippen LogP contribution in [-0.2, 0) is 21.1 Å². The summed E-state index contributed by atoms with van der Waals surface area (Å²) < 4.78 is 29.1. The van der Waals surface area contributed by atoms with Gasteiger partial charge in [0.15, 0.2) is 9.84 Å². The highest BCUT2D eigenvalue weighted by Gasteiger charge is 2.15. The van der Waals surface area contributed by atoms with E-state index in [-0.39, 0.29) is 16.8 Å². The van der Waals surface area contributed by atoms with Crippen molar-refractivity contribution in [2.24, 2.45) is 0 Å². The molecule has 0 spiro atoms. The van der Waals surface area contributed by atoms with Gasteiger partial charge in [0.2, 0.25) is 5.88 Å². The number of pyridine rings is 1. The number of nitrogens with zero attached hydrogens (tertiary/aromatic N) is 1. The van der Waals surface area contributed by atoms with Crippen molar-refractivity contribution in [3.63, 3.8) is 0 Å². The lowest BCUT2D eigenvalue weighted by Crippen LogP contribution is -2.17. The summed E-state index contributed by atoms with van der Waals surface area (Å²) in [5.41, 5.74) is 0.850. The fourth-order valence-corrected chi connectivity index (χ4v) is 3.62. The number of rotatable bonds is 11. The van der Waals surface area contributed by atoms with Crippen LogP contribution in [0, 0.1) is 0 Å². The van der Waals surface area contributed by atoms with E-state index in [4.69, 9.17) is 4.74 Å². The Morgan fingerprint density at radius 1 is 1.04 bits per heavy atom. The predicted molar refractivity (Wildman–Crippen MR) is 107 cm³/mol. The van der Waals surface area contributed by atoms with Gasteiger partial charge in [0, 0.05) is 25.1 Å². The molecule has 0 fully saturated rings. The molecule has 2 aromatic rings. The monoisotopic (exact) mass is 389 g/mol. The molecule has 5 nitrogen and oxygen atoms in total. The van der Waals surface area contributed by atoms with E-state index in [1.807, 2.05) is 36.4 Å². The summed E-state index contributed by atoms with van der Waals surface area (Å²) in [5, 5.41) is -0.333. The number of Topliss-reactive ketones (excluding diaryl/α,β-unsaturated/α-hetero) is 1. The molecule has 0 aliphatic carbocycles. The molecule has 0 radical (unpaired) electrons. The molecule has 0 aliphatic rings. The van der Waals surface area contributed by atoms with Gasteiger partial charge in [-0.15, -0.1) is 0 Å². The van der Waals surface area contributed by atoms with Crippen LogP contribution in [0.25, 0.3) is 0 Å². The Labute approximate surface area is 161 Å². The first-order valence-electron chi connectivity index (χ1n) is 9.28. The Kier molecular flexibility index (Phi) is 7.98. The van der Waals surface area contributed by atoms with Gasteiger partial charge < -0.3 is 4.74 Å². The molecule has 1 heterocycles. The molecule has 0 N–H and O–H groups in total. The van der Waals surface area contributed by atoms with Gasteiger partial charge in [0.25, 0.3) is 0 Å². The van der Waals surface area contributed by atoms with Gasteiger partial charge >= 0.3 is 0 Å². The molecule has 0 aliphatic heterocycles. The van der Waals surface area contributed by atoms with E-state index < -0.39 is 9.84 Å². The summed E-state index contributed by atoms with van der Waals surface area (Å²) >= 11 is 0. The fraction of sp³-hybridized carbons (Fsp3) is 0.429. The quantitative estimate of drug-likeness (QED) is 0.534. The lowest BCUT2D eigenvalue weighted by molar-refractivity contribution is -0.118. The lowest BCUT2D eigenvalue weighted by Gasteiger charge is -2.07. The molecule has 1 aromatic heterocycles. The number of benzene rings is 1. The molecule has 1 aromatic carbocycles. The topological polar surface area (TPSA) is 73.3 Å². The van der Waals surface area contributed by atoms with Crippen LogP contribution in [0.1, 0.15) is 45.1 Å². The lowest BCUT2D eigenvalue weighted by atomic mass is 10.1. The Bertz CT molecular complexity index is 815. The van der Waals surface area contributed by atoms with Crippen molar-refractivity contribution in [2.45, 2.75) is 51.2 Å². The summed E-state index contributed by atoms with van der Waals surface area (Å²) in [7, 11) is -2.98. The van der Waals surface area contributed by atoms with Crippen LogP contribution in [0.15, 0.2) is 48.7 Å². The zero-order valence-electron chi connectivity index (χ0n) is 15.9. The van der Waals surface area contributed by atoms with Gasteiger partial charge in [0.1, 0.15) is 11.5 Å². The molecule has 6 heteroatoms. The van der Waals surface area contributed by atoms with Crippen LogP contribution in [0.4, 0.5) is 0 Å². The Balaban J connectivity index is 1.70. The van der Waals surface area contributed by atoms with Crippen LogP contribution >= 0.6 is 0 Å². The van der Waals surface area contributed by atoms with Gasteiger partial charge in [0.05, 0.1) is 11.0 Å². The number of aromatic nitrogens is 1. The van der Waals surface area contributed by atoms with Crippen molar-refractivity contribution in [2.75, 3.05) is 5.75 Å². The standard InChI is InChI=1S/C21H27NO4S/c1-17(2)27(24,25)14-8-4-5-9-19(23)15-18-12-13-21(22-16-18)26-20-10-6-3-7-11-20/h3,6-7,10-13,16-17H,4-5,8-9,14-15H2,1-2H3. The number of hydrogen-bond acceptors (Lipinski definition) is 5. The zero-order valence-corrected chi connectivity index (χ0v) is 16.7. The molecule has 0 saturated heterocycles. The SMILES string of the molecule is CC(C)S(=O)(=O)CCCCCC(=O)Cc1ccc(Oc2ccccc2)nc1. The molecule has 2 rings (SSSR count). The molecular weight excluding hydrogens is 362 g/mol. The fourth-order valence-electron chi connectivity index (χ4n) is 2.54. The molecule has 27 heavy (non-hydrogen) atoms. The number of ketones is 1. The van der Waals surface area contributed by atoms with Crippen LogP contribution in [0.3, 0.4) is 0 Å². The van der Waals surface area contributed by atoms with Crippen molar-refractivity contribution in [3.05, 3.63) is 54.2 Å². The molecule has 0 unspecified atom stereocenters. The minimum Gasteiger partial charge on any atom is -0.439 e. The summed E-state index contributed by atoms with van der Waals surface area (Å²) in [5.74, 6) is 1.54. The van der Waals surface area contributed by atoms with Crippen molar-refractivity contribution >= 4 is 15.6 Å². The van der Waals surface area contributed by atoms with E-state index in [1.165, 1.54) is 0 Å². The highest BCUT2D eigenvalue weighted by molar-refractivity contribution is 7.91. The Morgan fingerprint density at radius 3 is 2.41 bits per heavy atom. The molecule has 0 saturated carbocycles. The summed E-state index contributed by atoms with van der Waals surface area (Å²) in [4.78, 5) is 16.3. The highest BCUT2D eigenvalue weighted by Crippen LogP contribution is 2.19. The number of para-hydroxylation sites is 1. The number of carbonyl (C=O) groups excluding carboxylic acids is 1. The second kappa shape index (κ2) is 10.2. The second-order valence-corrected chi connectivity index (χ2v) is 9.54. The summed E-state index contributed by atoms with van der Waals surface area (Å²) in [6, 6.07) is 13.0. The van der Waals surface area contributed by atoms with E-state index in [2.05, 4.69) is 4.98 Å². The maximum absolute atomic E-state index is 12.1. The first-order valence-corrected chi connectivity index (χ1v) is 11.0. The van der Waals surface area contributed by atoms with Crippen molar-refractivity contribution < 1.29 is 17.9 Å². The van der Waals surface area contributed by atoms with Gasteiger partial charge in [-0.1, -0.05) is 30.7 Å². The van der Waals surface area contributed by atoms with E-state index in [9.17, 15) is 13.2 Å². The number of ether oxygens (including phenoxy) is 1. The number of sulfone groups is 1. The zero-order chi connectivity index (χ0) is 19.7. The van der Waals surface area contributed by atoms with Crippen molar-refractivity contribution in [1.29, 1.82) is 0 Å². The van der Waals surface area contributed by atoms with E-state index in [0.717, 1.165) is 18.4 Å². The second-order valence-electron chi connectivity index (χ2n) is 6.86. The molecule has 0 amide bonds. The first kappa shape index (κ1) is 21.1.